The van der Waals surface area contributed by atoms with Crippen LogP contribution in [0.4, 0.5) is 10.1 Å². The maximum Gasteiger partial charge on any atom is 0.225 e. The first-order valence-electron chi connectivity index (χ1n) is 9.15. The Morgan fingerprint density at radius 2 is 1.57 bits per heavy atom. The Kier molecular flexibility index (Phi) is 5.11. The molecule has 4 heteroatoms. The van der Waals surface area contributed by atoms with Gasteiger partial charge in [0.2, 0.25) is 5.91 Å². The molecular formula is C24H19FN2O. The van der Waals surface area contributed by atoms with Gasteiger partial charge >= 0.3 is 0 Å². The number of para-hydroxylation sites is 1. The van der Waals surface area contributed by atoms with Crippen molar-refractivity contribution in [3.05, 3.63) is 108 Å². The summed E-state index contributed by atoms with van der Waals surface area (Å²) >= 11 is 0. The topological polar surface area (TPSA) is 42.0 Å². The van der Waals surface area contributed by atoms with Crippen LogP contribution in [0.3, 0.4) is 0 Å². The van der Waals surface area contributed by atoms with Gasteiger partial charge in [0, 0.05) is 23.9 Å². The number of hydrogen-bond acceptors (Lipinski definition) is 2. The molecular weight excluding hydrogens is 351 g/mol. The largest absolute Gasteiger partial charge is 0.324 e. The first kappa shape index (κ1) is 17.9. The van der Waals surface area contributed by atoms with Crippen LogP contribution in [0.1, 0.15) is 23.5 Å². The average molecular weight is 370 g/mol. The van der Waals surface area contributed by atoms with Gasteiger partial charge in [-0.15, -0.1) is 0 Å². The van der Waals surface area contributed by atoms with E-state index in [0.29, 0.717) is 5.69 Å². The average Bonchev–Trinajstić information content (AvgIpc) is 2.74. The SMILES string of the molecule is O=C(CC(c1ccccc1)c1ccc(F)cc1)Nc1cccc2cccnc12. The van der Waals surface area contributed by atoms with Crippen molar-refractivity contribution in [2.45, 2.75) is 12.3 Å². The molecule has 28 heavy (non-hydrogen) atoms. The van der Waals surface area contributed by atoms with Crippen LogP contribution >= 0.6 is 0 Å². The highest BCUT2D eigenvalue weighted by Crippen LogP contribution is 2.29. The van der Waals surface area contributed by atoms with Crippen molar-refractivity contribution in [3.8, 4) is 0 Å². The lowest BCUT2D eigenvalue weighted by Gasteiger charge is -2.18. The van der Waals surface area contributed by atoms with Crippen molar-refractivity contribution in [2.75, 3.05) is 5.32 Å². The van der Waals surface area contributed by atoms with Crippen LogP contribution in [0.25, 0.3) is 10.9 Å². The van der Waals surface area contributed by atoms with Gasteiger partial charge in [-0.2, -0.15) is 0 Å². The number of nitrogens with zero attached hydrogens (tertiary/aromatic N) is 1. The summed E-state index contributed by atoms with van der Waals surface area (Å²) in [5, 5.41) is 3.96. The molecule has 0 radical (unpaired) electrons. The van der Waals surface area contributed by atoms with Crippen LogP contribution in [0.15, 0.2) is 91.1 Å². The highest BCUT2D eigenvalue weighted by Gasteiger charge is 2.19. The number of benzene rings is 3. The summed E-state index contributed by atoms with van der Waals surface area (Å²) < 4.78 is 13.4. The van der Waals surface area contributed by atoms with Crippen LogP contribution in [0, 0.1) is 5.82 Å². The molecule has 4 rings (SSSR count). The van der Waals surface area contributed by atoms with Crippen LogP contribution in [-0.2, 0) is 4.79 Å². The molecule has 1 atom stereocenters. The zero-order chi connectivity index (χ0) is 19.3. The Morgan fingerprint density at radius 3 is 2.36 bits per heavy atom. The minimum Gasteiger partial charge on any atom is -0.324 e. The maximum absolute atomic E-state index is 13.4. The number of carbonyl (C=O) groups is 1. The maximum atomic E-state index is 13.4. The van der Waals surface area contributed by atoms with Crippen molar-refractivity contribution in [3.63, 3.8) is 0 Å². The molecule has 138 valence electrons. The minimum atomic E-state index is -0.290. The van der Waals surface area contributed by atoms with Gasteiger partial charge in [0.1, 0.15) is 5.82 Å². The number of rotatable bonds is 5. The summed E-state index contributed by atoms with van der Waals surface area (Å²) in [6.07, 6.45) is 1.96. The van der Waals surface area contributed by atoms with Crippen molar-refractivity contribution in [1.82, 2.24) is 4.98 Å². The van der Waals surface area contributed by atoms with E-state index in [2.05, 4.69) is 10.3 Å². The van der Waals surface area contributed by atoms with E-state index >= 15 is 0 Å². The van der Waals surface area contributed by atoms with Crippen LogP contribution < -0.4 is 5.32 Å². The number of pyridine rings is 1. The molecule has 1 aromatic heterocycles. The third kappa shape index (κ3) is 3.91. The minimum absolute atomic E-state index is 0.115. The van der Waals surface area contributed by atoms with Gasteiger partial charge in [0.15, 0.2) is 0 Å². The number of carbonyl (C=O) groups excluding carboxylic acids is 1. The predicted octanol–water partition coefficient (Wildman–Crippen LogP) is 5.53. The zero-order valence-electron chi connectivity index (χ0n) is 15.2. The third-order valence-corrected chi connectivity index (χ3v) is 4.77. The van der Waals surface area contributed by atoms with Crippen molar-refractivity contribution in [2.24, 2.45) is 0 Å². The number of fused-ring (bicyclic) bond motifs is 1. The summed E-state index contributed by atoms with van der Waals surface area (Å²) in [4.78, 5) is 17.3. The highest BCUT2D eigenvalue weighted by atomic mass is 19.1. The first-order chi connectivity index (χ1) is 13.7. The fourth-order valence-electron chi connectivity index (χ4n) is 3.40. The fraction of sp³-hybridized carbons (Fsp3) is 0.0833. The van der Waals surface area contributed by atoms with Gasteiger partial charge in [-0.3, -0.25) is 9.78 Å². The normalized spacial score (nSPS) is 11.9. The van der Waals surface area contributed by atoms with E-state index in [0.717, 1.165) is 22.0 Å². The lowest BCUT2D eigenvalue weighted by atomic mass is 9.88. The van der Waals surface area contributed by atoms with Gasteiger partial charge in [0.25, 0.3) is 0 Å². The van der Waals surface area contributed by atoms with Gasteiger partial charge in [0.05, 0.1) is 11.2 Å². The molecule has 0 aliphatic heterocycles. The Balaban J connectivity index is 1.61. The Hall–Kier alpha value is -3.53. The third-order valence-electron chi connectivity index (χ3n) is 4.77. The number of amides is 1. The van der Waals surface area contributed by atoms with Gasteiger partial charge in [-0.1, -0.05) is 60.7 Å². The molecule has 0 aliphatic rings. The molecule has 0 spiro atoms. The molecule has 0 bridgehead atoms. The number of nitrogens with one attached hydrogen (secondary N) is 1. The van der Waals surface area contributed by atoms with Crippen LogP contribution in [-0.4, -0.2) is 10.9 Å². The molecule has 0 saturated heterocycles. The molecule has 1 unspecified atom stereocenters. The molecule has 1 amide bonds. The Labute approximate surface area is 162 Å². The van der Waals surface area contributed by atoms with Crippen molar-refractivity contribution in [1.29, 1.82) is 0 Å². The first-order valence-corrected chi connectivity index (χ1v) is 9.15. The van der Waals surface area contributed by atoms with Crippen LogP contribution in [0.2, 0.25) is 0 Å². The molecule has 4 aromatic rings. The van der Waals surface area contributed by atoms with E-state index in [9.17, 15) is 9.18 Å². The molecule has 3 nitrogen and oxygen atoms in total. The summed E-state index contributed by atoms with van der Waals surface area (Å²) in [7, 11) is 0. The quantitative estimate of drug-likeness (QED) is 0.501. The summed E-state index contributed by atoms with van der Waals surface area (Å²) in [5.41, 5.74) is 3.37. The number of hydrogen-bond donors (Lipinski definition) is 1. The zero-order valence-corrected chi connectivity index (χ0v) is 15.2. The molecule has 0 fully saturated rings. The van der Waals surface area contributed by atoms with E-state index < -0.39 is 0 Å². The van der Waals surface area contributed by atoms with E-state index in [1.54, 1.807) is 18.3 Å². The predicted molar refractivity (Wildman–Crippen MR) is 110 cm³/mol. The summed E-state index contributed by atoms with van der Waals surface area (Å²) in [6, 6.07) is 25.7. The molecule has 3 aromatic carbocycles. The summed E-state index contributed by atoms with van der Waals surface area (Å²) in [6.45, 7) is 0. The van der Waals surface area contributed by atoms with Gasteiger partial charge in [-0.05, 0) is 35.4 Å². The highest BCUT2D eigenvalue weighted by molar-refractivity contribution is 6.00. The van der Waals surface area contributed by atoms with E-state index in [4.69, 9.17) is 0 Å². The summed E-state index contributed by atoms with van der Waals surface area (Å²) in [5.74, 6) is -0.567. The second-order valence-electron chi connectivity index (χ2n) is 6.65. The number of aromatic nitrogens is 1. The lowest BCUT2D eigenvalue weighted by Crippen LogP contribution is -2.17. The molecule has 1 heterocycles. The standard InChI is InChI=1S/C24H19FN2O/c25-20-13-11-18(12-14-20)21(17-6-2-1-3-7-17)16-23(28)27-22-10-4-8-19-9-5-15-26-24(19)22/h1-15,21H,16H2,(H,27,28). The fourth-order valence-corrected chi connectivity index (χ4v) is 3.40. The molecule has 0 aliphatic carbocycles. The smallest absolute Gasteiger partial charge is 0.225 e. The number of halogens is 1. The monoisotopic (exact) mass is 370 g/mol. The van der Waals surface area contributed by atoms with E-state index in [-0.39, 0.29) is 24.1 Å². The lowest BCUT2D eigenvalue weighted by molar-refractivity contribution is -0.116. The van der Waals surface area contributed by atoms with Crippen LogP contribution in [0.5, 0.6) is 0 Å². The Bertz CT molecular complexity index is 1090. The van der Waals surface area contributed by atoms with E-state index in [1.807, 2.05) is 60.7 Å². The van der Waals surface area contributed by atoms with E-state index in [1.165, 1.54) is 12.1 Å². The van der Waals surface area contributed by atoms with Crippen molar-refractivity contribution < 1.29 is 9.18 Å². The Morgan fingerprint density at radius 1 is 0.857 bits per heavy atom. The van der Waals surface area contributed by atoms with Crippen molar-refractivity contribution >= 4 is 22.5 Å². The second kappa shape index (κ2) is 8.01. The van der Waals surface area contributed by atoms with Gasteiger partial charge in [-0.25, -0.2) is 4.39 Å². The molecule has 1 N–H and O–H groups in total. The molecule has 0 saturated carbocycles. The van der Waals surface area contributed by atoms with Gasteiger partial charge < -0.3 is 5.32 Å². The number of anilines is 1. The second-order valence-corrected chi connectivity index (χ2v) is 6.65.